The summed E-state index contributed by atoms with van der Waals surface area (Å²) in [6, 6.07) is 0.0703. The first-order chi connectivity index (χ1) is 16.1. The quantitative estimate of drug-likeness (QED) is 0.576. The number of nitrogens with zero attached hydrogens (tertiary/aromatic N) is 3. The summed E-state index contributed by atoms with van der Waals surface area (Å²) in [5.74, 6) is -0.637. The molecule has 3 atom stereocenters. The van der Waals surface area contributed by atoms with Gasteiger partial charge >= 0.3 is 11.9 Å². The Labute approximate surface area is 204 Å². The highest BCUT2D eigenvalue weighted by Crippen LogP contribution is 2.35. The van der Waals surface area contributed by atoms with Gasteiger partial charge in [0, 0.05) is 38.6 Å². The van der Waals surface area contributed by atoms with E-state index in [0.717, 1.165) is 65.0 Å². The van der Waals surface area contributed by atoms with Gasteiger partial charge in [-0.3, -0.25) is 19.4 Å². The van der Waals surface area contributed by atoms with Crippen LogP contribution in [-0.4, -0.2) is 96.8 Å². The van der Waals surface area contributed by atoms with E-state index < -0.39 is 5.60 Å². The van der Waals surface area contributed by atoms with Gasteiger partial charge in [-0.1, -0.05) is 6.92 Å². The number of carbonyl (C=O) groups is 3. The minimum Gasteiger partial charge on any atom is -0.469 e. The molecule has 194 valence electrons. The van der Waals surface area contributed by atoms with E-state index in [1.165, 1.54) is 7.11 Å². The van der Waals surface area contributed by atoms with Crippen LogP contribution in [-0.2, 0) is 23.9 Å². The lowest BCUT2D eigenvalue weighted by Gasteiger charge is -2.49. The summed E-state index contributed by atoms with van der Waals surface area (Å²) in [4.78, 5) is 40.8. The molecule has 2 aliphatic heterocycles. The van der Waals surface area contributed by atoms with Crippen LogP contribution < -0.4 is 5.32 Å². The fourth-order valence-electron chi connectivity index (χ4n) is 5.62. The van der Waals surface area contributed by atoms with E-state index in [4.69, 9.17) is 9.47 Å². The Balaban J connectivity index is 1.71. The Morgan fingerprint density at radius 1 is 0.971 bits per heavy atom. The van der Waals surface area contributed by atoms with Gasteiger partial charge < -0.3 is 19.7 Å². The van der Waals surface area contributed by atoms with Crippen LogP contribution >= 0.6 is 0 Å². The van der Waals surface area contributed by atoms with E-state index in [1.807, 2.05) is 32.7 Å². The lowest BCUT2D eigenvalue weighted by molar-refractivity contribution is -0.172. The maximum Gasteiger partial charge on any atom is 0.310 e. The minimum absolute atomic E-state index is 0.0586. The summed E-state index contributed by atoms with van der Waals surface area (Å²) in [6.45, 7) is 12.4. The van der Waals surface area contributed by atoms with Crippen molar-refractivity contribution in [1.29, 1.82) is 0 Å². The maximum absolute atomic E-state index is 13.1. The first-order valence-corrected chi connectivity index (χ1v) is 13.0. The molecule has 2 saturated heterocycles. The van der Waals surface area contributed by atoms with Gasteiger partial charge in [0.1, 0.15) is 5.60 Å². The van der Waals surface area contributed by atoms with Crippen molar-refractivity contribution in [3.05, 3.63) is 0 Å². The van der Waals surface area contributed by atoms with Gasteiger partial charge in [0.05, 0.1) is 25.0 Å². The van der Waals surface area contributed by atoms with E-state index in [2.05, 4.69) is 15.2 Å². The smallest absolute Gasteiger partial charge is 0.310 e. The number of piperidine rings is 1. The van der Waals surface area contributed by atoms with Gasteiger partial charge in [-0.15, -0.1) is 0 Å². The SMILES string of the molecule is CCC(=O)N([C@H]1C[C@H](N2CCC(C(=O)OC(C)(C)C)CC2)CC[C@H]1C(=O)OC)N1CCNCC1. The number of piperazine rings is 1. The average Bonchev–Trinajstić information content (AvgIpc) is 2.83. The van der Waals surface area contributed by atoms with Crippen LogP contribution in [0, 0.1) is 11.8 Å². The number of hydrazine groups is 1. The van der Waals surface area contributed by atoms with E-state index in [0.29, 0.717) is 12.8 Å². The summed E-state index contributed by atoms with van der Waals surface area (Å²) < 4.78 is 10.8. The number of carbonyl (C=O) groups excluding carboxylic acids is 3. The van der Waals surface area contributed by atoms with Crippen molar-refractivity contribution in [2.45, 2.75) is 83.9 Å². The molecule has 2 heterocycles. The Morgan fingerprint density at radius 2 is 1.62 bits per heavy atom. The van der Waals surface area contributed by atoms with Crippen LogP contribution in [0.4, 0.5) is 0 Å². The average molecular weight is 481 g/mol. The Bertz CT molecular complexity index is 711. The number of amides is 1. The third kappa shape index (κ3) is 6.70. The molecule has 34 heavy (non-hydrogen) atoms. The molecule has 9 nitrogen and oxygen atoms in total. The van der Waals surface area contributed by atoms with Crippen molar-refractivity contribution in [2.24, 2.45) is 11.8 Å². The molecule has 9 heteroatoms. The normalized spacial score (nSPS) is 27.7. The molecule has 3 rings (SSSR count). The minimum atomic E-state index is -0.465. The number of likely N-dealkylation sites (tertiary alicyclic amines) is 1. The molecule has 0 aromatic carbocycles. The van der Waals surface area contributed by atoms with Gasteiger partial charge in [0.15, 0.2) is 0 Å². The zero-order valence-corrected chi connectivity index (χ0v) is 21.7. The molecule has 1 aliphatic carbocycles. The maximum atomic E-state index is 13.1. The number of methoxy groups -OCH3 is 1. The molecule has 1 amide bonds. The van der Waals surface area contributed by atoms with Crippen molar-refractivity contribution in [1.82, 2.24) is 20.2 Å². The fourth-order valence-corrected chi connectivity index (χ4v) is 5.62. The number of hydrogen-bond donors (Lipinski definition) is 1. The van der Waals surface area contributed by atoms with Gasteiger partial charge in [0.25, 0.3) is 0 Å². The van der Waals surface area contributed by atoms with Crippen molar-refractivity contribution in [3.63, 3.8) is 0 Å². The molecule has 1 N–H and O–H groups in total. The van der Waals surface area contributed by atoms with Crippen LogP contribution in [0.15, 0.2) is 0 Å². The number of nitrogens with one attached hydrogen (secondary N) is 1. The molecule has 0 aromatic rings. The van der Waals surface area contributed by atoms with E-state index in [-0.39, 0.29) is 41.8 Å². The van der Waals surface area contributed by atoms with Crippen LogP contribution in [0.2, 0.25) is 0 Å². The molecule has 0 radical (unpaired) electrons. The summed E-state index contributed by atoms with van der Waals surface area (Å²) in [6.07, 6.45) is 4.31. The highest BCUT2D eigenvalue weighted by molar-refractivity contribution is 5.78. The zero-order valence-electron chi connectivity index (χ0n) is 21.7. The van der Waals surface area contributed by atoms with Crippen molar-refractivity contribution < 1.29 is 23.9 Å². The molecular formula is C25H44N4O5. The first kappa shape index (κ1) is 26.9. The van der Waals surface area contributed by atoms with Gasteiger partial charge in [-0.25, -0.2) is 5.01 Å². The molecule has 3 aliphatic rings. The van der Waals surface area contributed by atoms with Crippen LogP contribution in [0.25, 0.3) is 0 Å². The standard InChI is InChI=1S/C25H44N4O5/c1-6-22(30)29(28-15-11-26-12-16-28)21-17-19(7-8-20(21)24(32)33-5)27-13-9-18(10-14-27)23(31)34-25(2,3)4/h18-21,26H,6-17H2,1-5H3/t19-,20-,21+/m1/s1. The number of esters is 2. The second-order valence-electron chi connectivity index (χ2n) is 10.8. The summed E-state index contributed by atoms with van der Waals surface area (Å²) in [5.41, 5.74) is -0.465. The largest absolute Gasteiger partial charge is 0.469 e. The summed E-state index contributed by atoms with van der Waals surface area (Å²) in [7, 11) is 1.43. The molecule has 0 bridgehead atoms. The van der Waals surface area contributed by atoms with Gasteiger partial charge in [0.2, 0.25) is 5.91 Å². The molecule has 0 aromatic heterocycles. The number of hydrogen-bond acceptors (Lipinski definition) is 8. The predicted molar refractivity (Wildman–Crippen MR) is 129 cm³/mol. The van der Waals surface area contributed by atoms with Crippen LogP contribution in [0.3, 0.4) is 0 Å². The van der Waals surface area contributed by atoms with Crippen molar-refractivity contribution in [3.8, 4) is 0 Å². The molecule has 0 unspecified atom stereocenters. The third-order valence-corrected chi connectivity index (χ3v) is 7.35. The second-order valence-corrected chi connectivity index (χ2v) is 10.8. The third-order valence-electron chi connectivity index (χ3n) is 7.35. The number of ether oxygens (including phenoxy) is 2. The molecule has 3 fully saturated rings. The predicted octanol–water partition coefficient (Wildman–Crippen LogP) is 1.81. The van der Waals surface area contributed by atoms with E-state index in [9.17, 15) is 14.4 Å². The van der Waals surface area contributed by atoms with Gasteiger partial charge in [-0.05, 0) is 66.0 Å². The number of rotatable bonds is 6. The molecular weight excluding hydrogens is 436 g/mol. The lowest BCUT2D eigenvalue weighted by Crippen LogP contribution is -2.62. The first-order valence-electron chi connectivity index (χ1n) is 13.0. The second kappa shape index (κ2) is 11.8. The van der Waals surface area contributed by atoms with Crippen LogP contribution in [0.5, 0.6) is 0 Å². The van der Waals surface area contributed by atoms with Gasteiger partial charge in [-0.2, -0.15) is 0 Å². The van der Waals surface area contributed by atoms with Crippen LogP contribution in [0.1, 0.15) is 66.2 Å². The fraction of sp³-hybridized carbons (Fsp3) is 0.880. The summed E-state index contributed by atoms with van der Waals surface area (Å²) in [5, 5.41) is 7.36. The van der Waals surface area contributed by atoms with E-state index >= 15 is 0 Å². The lowest BCUT2D eigenvalue weighted by atomic mass is 9.79. The highest BCUT2D eigenvalue weighted by atomic mass is 16.6. The molecule has 0 spiro atoms. The topological polar surface area (TPSA) is 91.4 Å². The molecule has 1 saturated carbocycles. The zero-order chi connectivity index (χ0) is 24.9. The van der Waals surface area contributed by atoms with E-state index in [1.54, 1.807) is 0 Å². The van der Waals surface area contributed by atoms with Crippen molar-refractivity contribution in [2.75, 3.05) is 46.4 Å². The van der Waals surface area contributed by atoms with Crippen molar-refractivity contribution >= 4 is 17.8 Å². The Kier molecular flexibility index (Phi) is 9.34. The Morgan fingerprint density at radius 3 is 2.18 bits per heavy atom. The Hall–Kier alpha value is -1.71. The highest BCUT2D eigenvalue weighted by Gasteiger charge is 2.44. The monoisotopic (exact) mass is 480 g/mol. The summed E-state index contributed by atoms with van der Waals surface area (Å²) >= 11 is 0.